The average molecular weight is 769 g/mol. The predicted octanol–water partition coefficient (Wildman–Crippen LogP) is 7.44. The van der Waals surface area contributed by atoms with Crippen LogP contribution in [0.4, 0.5) is 22.3 Å². The molecule has 5 heterocycles. The summed E-state index contributed by atoms with van der Waals surface area (Å²) in [5.41, 5.74) is 7.11. The van der Waals surface area contributed by atoms with E-state index in [9.17, 15) is 9.59 Å². The minimum absolute atomic E-state index is 0.219. The van der Waals surface area contributed by atoms with Crippen LogP contribution in [0.25, 0.3) is 27.0 Å². The van der Waals surface area contributed by atoms with E-state index in [0.29, 0.717) is 38.8 Å². The maximum absolute atomic E-state index is 14.1. The normalized spacial score (nSPS) is 23.3. The molecule has 12 nitrogen and oxygen atoms in total. The van der Waals surface area contributed by atoms with E-state index in [1.807, 2.05) is 59.3 Å². The molecule has 4 aromatic heterocycles. The number of pyridine rings is 1. The molecule has 0 radical (unpaired) electrons. The number of nitrogens with one attached hydrogen (secondary N) is 3. The third-order valence-electron chi connectivity index (χ3n) is 13.1. The molecular weight excluding hydrogens is 721 g/mol. The van der Waals surface area contributed by atoms with E-state index in [1.165, 1.54) is 49.9 Å². The molecule has 2 amide bonds. The average Bonchev–Trinajstić information content (AvgIpc) is 3.90. The third-order valence-corrected chi connectivity index (χ3v) is 14.0. The van der Waals surface area contributed by atoms with Crippen molar-refractivity contribution in [3.05, 3.63) is 83.9 Å². The fraction of sp³-hybridized carbons (Fsp3) is 0.419. The molecule has 4 saturated carbocycles. The fourth-order valence-corrected chi connectivity index (χ4v) is 11.6. The van der Waals surface area contributed by atoms with Gasteiger partial charge in [0.15, 0.2) is 10.8 Å². The van der Waals surface area contributed by atoms with E-state index in [4.69, 9.17) is 10.1 Å². The highest BCUT2D eigenvalue weighted by Crippen LogP contribution is 2.60. The van der Waals surface area contributed by atoms with Crippen molar-refractivity contribution >= 4 is 61.3 Å². The molecule has 5 fully saturated rings. The number of carbonyl (C=O) groups excluding carboxylic acids is 2. The quantitative estimate of drug-likeness (QED) is 0.139. The lowest BCUT2D eigenvalue weighted by atomic mass is 9.49. The van der Waals surface area contributed by atoms with Crippen LogP contribution in [-0.2, 0) is 6.54 Å². The number of para-hydroxylation sites is 1. The first-order valence-electron chi connectivity index (χ1n) is 20.0. The Hall–Kier alpha value is -5.27. The maximum Gasteiger partial charge on any atom is 0.259 e. The van der Waals surface area contributed by atoms with Crippen molar-refractivity contribution in [3.8, 4) is 11.1 Å². The second-order valence-electron chi connectivity index (χ2n) is 16.8. The Bertz CT molecular complexity index is 2420. The molecule has 288 valence electrons. The highest BCUT2D eigenvalue weighted by Gasteiger charge is 2.51. The van der Waals surface area contributed by atoms with E-state index in [0.717, 1.165) is 83.2 Å². The highest BCUT2D eigenvalue weighted by molar-refractivity contribution is 7.22. The lowest BCUT2D eigenvalue weighted by molar-refractivity contribution is -0.0638. The van der Waals surface area contributed by atoms with Crippen LogP contribution in [0, 0.1) is 30.1 Å². The summed E-state index contributed by atoms with van der Waals surface area (Å²) in [7, 11) is 3.78. The number of piperazine rings is 1. The van der Waals surface area contributed by atoms with E-state index in [1.54, 1.807) is 13.2 Å². The largest absolute Gasteiger partial charge is 0.369 e. The monoisotopic (exact) mass is 768 g/mol. The third kappa shape index (κ3) is 6.21. The van der Waals surface area contributed by atoms with Crippen LogP contribution in [-0.4, -0.2) is 81.1 Å². The van der Waals surface area contributed by atoms with Crippen molar-refractivity contribution in [2.45, 2.75) is 52.0 Å². The summed E-state index contributed by atoms with van der Waals surface area (Å²) < 4.78 is 5.09. The SMILES string of the molecule is CNC(=O)c1c(-c2cnn(CC34CC5CC(CC(C5)C3)C4)c2C)ccn2c(Nc3ccc(N4CCN(C)CC4)cc3C(=O)Nc3nc4ccccc4s3)cnc12. The molecule has 5 aliphatic rings. The van der Waals surface area contributed by atoms with Gasteiger partial charge in [0.05, 0.1) is 39.4 Å². The molecule has 11 rings (SSSR count). The van der Waals surface area contributed by atoms with Gasteiger partial charge in [-0.2, -0.15) is 5.10 Å². The molecule has 0 atom stereocenters. The number of fused-ring (bicyclic) bond motifs is 2. The number of hydrogen-bond acceptors (Lipinski definition) is 9. The Kier molecular flexibility index (Phi) is 8.62. The van der Waals surface area contributed by atoms with Crippen molar-refractivity contribution in [1.29, 1.82) is 0 Å². The topological polar surface area (TPSA) is 125 Å². The standard InChI is InChI=1S/C43H48N10O2S/c1-26-33(23-46-53(26)25-43-20-27-16-28(21-43)18-29(17-27)22-43)31-10-11-52-37(24-45-39(52)38(31)41(55)44-2)47-34-9-8-30(51-14-12-50(3)13-15-51)19-32(34)40(54)49-42-48-35-6-4-5-7-36(35)56-42/h4-11,19,23-24,27-29,47H,12-18,20-22,25H2,1-3H3,(H,44,55)(H,48,49,54). The number of amides is 2. The number of anilines is 4. The van der Waals surface area contributed by atoms with E-state index < -0.39 is 0 Å². The van der Waals surface area contributed by atoms with Gasteiger partial charge in [-0.15, -0.1) is 0 Å². The molecule has 56 heavy (non-hydrogen) atoms. The smallest absolute Gasteiger partial charge is 0.259 e. The van der Waals surface area contributed by atoms with Gasteiger partial charge in [0.2, 0.25) is 0 Å². The molecule has 1 aliphatic heterocycles. The van der Waals surface area contributed by atoms with Gasteiger partial charge < -0.3 is 20.4 Å². The Morgan fingerprint density at radius 2 is 1.66 bits per heavy atom. The molecule has 0 unspecified atom stereocenters. The number of aromatic nitrogens is 5. The van der Waals surface area contributed by atoms with Crippen molar-refractivity contribution < 1.29 is 9.59 Å². The molecule has 0 spiro atoms. The summed E-state index contributed by atoms with van der Waals surface area (Å²) in [4.78, 5) is 41.9. The summed E-state index contributed by atoms with van der Waals surface area (Å²) in [6.45, 7) is 6.73. The fourth-order valence-electron chi connectivity index (χ4n) is 10.7. The number of likely N-dealkylation sites (N-methyl/N-ethyl adjacent to an activating group) is 1. The Balaban J connectivity index is 0.978. The molecule has 4 aliphatic carbocycles. The zero-order valence-electron chi connectivity index (χ0n) is 32.2. The Morgan fingerprint density at radius 3 is 2.39 bits per heavy atom. The minimum Gasteiger partial charge on any atom is -0.369 e. The highest BCUT2D eigenvalue weighted by atomic mass is 32.1. The van der Waals surface area contributed by atoms with Crippen molar-refractivity contribution in [2.75, 3.05) is 55.8 Å². The van der Waals surface area contributed by atoms with Crippen LogP contribution in [0.2, 0.25) is 0 Å². The number of imidazole rings is 1. The second-order valence-corrected chi connectivity index (χ2v) is 17.9. The first-order valence-corrected chi connectivity index (χ1v) is 20.8. The second kappa shape index (κ2) is 13.7. The molecule has 2 aromatic carbocycles. The van der Waals surface area contributed by atoms with Crippen LogP contribution in [0.3, 0.4) is 0 Å². The number of hydrogen-bond donors (Lipinski definition) is 3. The zero-order chi connectivity index (χ0) is 38.1. The van der Waals surface area contributed by atoms with Crippen LogP contribution < -0.4 is 20.9 Å². The van der Waals surface area contributed by atoms with Crippen LogP contribution in [0.5, 0.6) is 0 Å². The van der Waals surface area contributed by atoms with Gasteiger partial charge in [0.1, 0.15) is 5.82 Å². The molecule has 6 aromatic rings. The summed E-state index contributed by atoms with van der Waals surface area (Å²) in [5.74, 6) is 2.78. The molecule has 1 saturated heterocycles. The zero-order valence-corrected chi connectivity index (χ0v) is 33.0. The number of thiazole rings is 1. The van der Waals surface area contributed by atoms with Crippen LogP contribution in [0.15, 0.2) is 67.1 Å². The number of rotatable bonds is 9. The first kappa shape index (κ1) is 35.2. The maximum atomic E-state index is 14.1. The Morgan fingerprint density at radius 1 is 0.911 bits per heavy atom. The van der Waals surface area contributed by atoms with Gasteiger partial charge in [0, 0.05) is 68.5 Å². The van der Waals surface area contributed by atoms with E-state index in [2.05, 4.69) is 55.5 Å². The van der Waals surface area contributed by atoms with Gasteiger partial charge in [-0.1, -0.05) is 23.5 Å². The van der Waals surface area contributed by atoms with Gasteiger partial charge in [-0.05, 0) is 112 Å². The van der Waals surface area contributed by atoms with Crippen molar-refractivity contribution in [2.24, 2.45) is 23.2 Å². The Labute approximate surface area is 330 Å². The summed E-state index contributed by atoms with van der Waals surface area (Å²) in [5, 5.41) is 14.9. The molecular formula is C43H48N10O2S. The van der Waals surface area contributed by atoms with Gasteiger partial charge in [0.25, 0.3) is 11.8 Å². The minimum atomic E-state index is -0.259. The van der Waals surface area contributed by atoms with Crippen LogP contribution in [0.1, 0.15) is 64.9 Å². The van der Waals surface area contributed by atoms with E-state index in [-0.39, 0.29) is 11.8 Å². The number of carbonyl (C=O) groups is 2. The summed E-state index contributed by atoms with van der Waals surface area (Å²) in [6, 6.07) is 15.8. The van der Waals surface area contributed by atoms with Crippen molar-refractivity contribution in [1.82, 2.24) is 34.4 Å². The van der Waals surface area contributed by atoms with Gasteiger partial charge >= 0.3 is 0 Å². The first-order chi connectivity index (χ1) is 27.2. The summed E-state index contributed by atoms with van der Waals surface area (Å²) >= 11 is 1.45. The summed E-state index contributed by atoms with van der Waals surface area (Å²) in [6.07, 6.45) is 13.8. The molecule has 3 N–H and O–H groups in total. The number of benzene rings is 2. The molecule has 13 heteroatoms. The lowest BCUT2D eigenvalue weighted by Crippen LogP contribution is -2.48. The lowest BCUT2D eigenvalue weighted by Gasteiger charge is -2.56. The van der Waals surface area contributed by atoms with Gasteiger partial charge in [-0.3, -0.25) is 24.0 Å². The van der Waals surface area contributed by atoms with Crippen LogP contribution >= 0.6 is 11.3 Å². The number of nitrogens with zero attached hydrogens (tertiary/aromatic N) is 7. The molecule has 4 bridgehead atoms. The predicted molar refractivity (Wildman–Crippen MR) is 222 cm³/mol. The van der Waals surface area contributed by atoms with Crippen molar-refractivity contribution in [3.63, 3.8) is 0 Å². The van der Waals surface area contributed by atoms with Gasteiger partial charge in [-0.25, -0.2) is 9.97 Å². The van der Waals surface area contributed by atoms with E-state index >= 15 is 0 Å².